The third kappa shape index (κ3) is 9.80. The molecule has 0 saturated carbocycles. The molecule has 1 aromatic heterocycles. The molecule has 1 fully saturated rings. The number of nitrogens with zero attached hydrogens (tertiary/aromatic N) is 2. The maximum absolute atomic E-state index is 12.5. The van der Waals surface area contributed by atoms with E-state index in [9.17, 15) is 4.79 Å². The highest BCUT2D eigenvalue weighted by Gasteiger charge is 2.15. The van der Waals surface area contributed by atoms with E-state index in [0.717, 1.165) is 65.2 Å². The normalized spacial score (nSPS) is 15.1. The summed E-state index contributed by atoms with van der Waals surface area (Å²) >= 11 is 7.40. The predicted molar refractivity (Wildman–Crippen MR) is 140 cm³/mol. The lowest BCUT2D eigenvalue weighted by Crippen LogP contribution is -2.46. The number of ether oxygens (including phenoxy) is 1. The van der Waals surface area contributed by atoms with Crippen LogP contribution >= 0.6 is 23.6 Å². The first kappa shape index (κ1) is 25.6. The Morgan fingerprint density at radius 1 is 1.21 bits per heavy atom. The Bertz CT molecular complexity index is 826. The van der Waals surface area contributed by atoms with E-state index in [1.165, 1.54) is 10.4 Å². The van der Waals surface area contributed by atoms with Crippen LogP contribution in [-0.2, 0) is 22.5 Å². The molecule has 8 heteroatoms. The lowest BCUT2D eigenvalue weighted by molar-refractivity contribution is -0.120. The van der Waals surface area contributed by atoms with Crippen LogP contribution < -0.4 is 10.6 Å². The highest BCUT2D eigenvalue weighted by molar-refractivity contribution is 7.80. The molecule has 1 aromatic carbocycles. The molecular weight excluding hydrogens is 452 g/mol. The number of hydrogen-bond donors (Lipinski definition) is 2. The number of aryl methyl sites for hydroxylation is 1. The van der Waals surface area contributed by atoms with Gasteiger partial charge in [-0.15, -0.1) is 11.3 Å². The number of amides is 1. The van der Waals surface area contributed by atoms with Gasteiger partial charge in [-0.05, 0) is 55.4 Å². The highest BCUT2D eigenvalue weighted by atomic mass is 32.1. The van der Waals surface area contributed by atoms with Crippen molar-refractivity contribution in [1.29, 1.82) is 0 Å². The van der Waals surface area contributed by atoms with Crippen LogP contribution in [-0.4, -0.2) is 72.8 Å². The molecule has 1 aliphatic heterocycles. The summed E-state index contributed by atoms with van der Waals surface area (Å²) < 4.78 is 5.44. The standard InChI is InChI=1S/C25H36N4O2S2/c1-21(10-11-22-7-3-2-4-8-22)27-24(30)19-26-25(32)29(20-23-9-5-18-33-23)13-6-12-28-14-16-31-17-15-28/h2-5,7-9,18,21H,6,10-17,19-20H2,1H3,(H,26,32)(H,27,30)/t21-/m0/s1. The Morgan fingerprint density at radius 3 is 2.73 bits per heavy atom. The zero-order valence-electron chi connectivity index (χ0n) is 19.5. The van der Waals surface area contributed by atoms with Crippen molar-refractivity contribution in [3.63, 3.8) is 0 Å². The predicted octanol–water partition coefficient (Wildman–Crippen LogP) is 3.28. The molecular formula is C25H36N4O2S2. The zero-order chi connectivity index (χ0) is 23.3. The minimum atomic E-state index is -0.0256. The fourth-order valence-electron chi connectivity index (χ4n) is 3.85. The van der Waals surface area contributed by atoms with E-state index >= 15 is 0 Å². The molecule has 180 valence electrons. The van der Waals surface area contributed by atoms with Gasteiger partial charge in [-0.25, -0.2) is 0 Å². The number of nitrogens with one attached hydrogen (secondary N) is 2. The van der Waals surface area contributed by atoms with Gasteiger partial charge in [0.25, 0.3) is 0 Å². The molecule has 1 atom stereocenters. The van der Waals surface area contributed by atoms with Crippen LogP contribution in [0.4, 0.5) is 0 Å². The van der Waals surface area contributed by atoms with E-state index < -0.39 is 0 Å². The van der Waals surface area contributed by atoms with Gasteiger partial charge in [-0.2, -0.15) is 0 Å². The first-order valence-corrected chi connectivity index (χ1v) is 13.1. The molecule has 33 heavy (non-hydrogen) atoms. The average molecular weight is 489 g/mol. The molecule has 1 aliphatic rings. The van der Waals surface area contributed by atoms with Crippen molar-refractivity contribution >= 4 is 34.6 Å². The minimum absolute atomic E-state index is 0.0256. The summed E-state index contributed by atoms with van der Waals surface area (Å²) in [6, 6.07) is 14.7. The second-order valence-electron chi connectivity index (χ2n) is 8.46. The smallest absolute Gasteiger partial charge is 0.239 e. The van der Waals surface area contributed by atoms with Gasteiger partial charge >= 0.3 is 0 Å². The monoisotopic (exact) mass is 488 g/mol. The molecule has 0 unspecified atom stereocenters. The maximum atomic E-state index is 12.5. The minimum Gasteiger partial charge on any atom is -0.379 e. The van der Waals surface area contributed by atoms with E-state index in [4.69, 9.17) is 17.0 Å². The van der Waals surface area contributed by atoms with Gasteiger partial charge in [-0.1, -0.05) is 36.4 Å². The third-order valence-electron chi connectivity index (χ3n) is 5.74. The summed E-state index contributed by atoms with van der Waals surface area (Å²) in [5.74, 6) is -0.0256. The molecule has 0 radical (unpaired) electrons. The van der Waals surface area contributed by atoms with Gasteiger partial charge in [0.1, 0.15) is 0 Å². The van der Waals surface area contributed by atoms with Crippen LogP contribution in [0.25, 0.3) is 0 Å². The lowest BCUT2D eigenvalue weighted by atomic mass is 10.1. The molecule has 1 saturated heterocycles. The summed E-state index contributed by atoms with van der Waals surface area (Å²) in [7, 11) is 0. The van der Waals surface area contributed by atoms with Crippen molar-refractivity contribution in [3.05, 3.63) is 58.3 Å². The number of rotatable bonds is 12. The van der Waals surface area contributed by atoms with Crippen LogP contribution in [0.1, 0.15) is 30.2 Å². The molecule has 0 spiro atoms. The first-order valence-electron chi connectivity index (χ1n) is 11.8. The number of benzene rings is 1. The Balaban J connectivity index is 1.40. The van der Waals surface area contributed by atoms with E-state index in [1.54, 1.807) is 11.3 Å². The Kier molecular flexibility index (Phi) is 11.1. The molecule has 2 N–H and O–H groups in total. The number of carbonyl (C=O) groups excluding carboxylic acids is 1. The fourth-order valence-corrected chi connectivity index (χ4v) is 4.79. The van der Waals surface area contributed by atoms with Crippen molar-refractivity contribution in [3.8, 4) is 0 Å². The molecule has 2 aromatic rings. The average Bonchev–Trinajstić information content (AvgIpc) is 3.35. The Labute approximate surface area is 207 Å². The summed E-state index contributed by atoms with van der Waals surface area (Å²) in [6.07, 6.45) is 2.88. The van der Waals surface area contributed by atoms with Crippen molar-refractivity contribution in [2.24, 2.45) is 0 Å². The molecule has 1 amide bonds. The van der Waals surface area contributed by atoms with E-state index in [2.05, 4.69) is 50.1 Å². The summed E-state index contributed by atoms with van der Waals surface area (Å²) in [6.45, 7) is 8.53. The maximum Gasteiger partial charge on any atom is 0.239 e. The van der Waals surface area contributed by atoms with Gasteiger partial charge in [0.2, 0.25) is 5.91 Å². The Morgan fingerprint density at radius 2 is 2.00 bits per heavy atom. The van der Waals surface area contributed by atoms with Gasteiger partial charge in [-0.3, -0.25) is 9.69 Å². The zero-order valence-corrected chi connectivity index (χ0v) is 21.1. The van der Waals surface area contributed by atoms with Crippen LogP contribution in [0.5, 0.6) is 0 Å². The fraction of sp³-hybridized carbons (Fsp3) is 0.520. The largest absolute Gasteiger partial charge is 0.379 e. The van der Waals surface area contributed by atoms with Crippen molar-refractivity contribution < 1.29 is 9.53 Å². The van der Waals surface area contributed by atoms with Crippen LogP contribution in [0.3, 0.4) is 0 Å². The number of carbonyl (C=O) groups is 1. The number of morpholine rings is 1. The molecule has 6 nitrogen and oxygen atoms in total. The van der Waals surface area contributed by atoms with Crippen LogP contribution in [0.2, 0.25) is 0 Å². The highest BCUT2D eigenvalue weighted by Crippen LogP contribution is 2.13. The van der Waals surface area contributed by atoms with E-state index in [1.807, 2.05) is 25.1 Å². The second kappa shape index (κ2) is 14.3. The molecule has 0 bridgehead atoms. The second-order valence-corrected chi connectivity index (χ2v) is 9.88. The lowest BCUT2D eigenvalue weighted by Gasteiger charge is -2.29. The van der Waals surface area contributed by atoms with Crippen LogP contribution in [0.15, 0.2) is 47.8 Å². The summed E-state index contributed by atoms with van der Waals surface area (Å²) in [4.78, 5) is 18.3. The number of thiophene rings is 1. The third-order valence-corrected chi connectivity index (χ3v) is 7.00. The molecule has 3 rings (SSSR count). The first-order chi connectivity index (χ1) is 16.1. The van der Waals surface area contributed by atoms with Gasteiger partial charge in [0.15, 0.2) is 5.11 Å². The van der Waals surface area contributed by atoms with Gasteiger partial charge in [0.05, 0.1) is 26.3 Å². The van der Waals surface area contributed by atoms with E-state index in [-0.39, 0.29) is 18.5 Å². The van der Waals surface area contributed by atoms with Crippen LogP contribution in [0, 0.1) is 0 Å². The quantitative estimate of drug-likeness (QED) is 0.447. The van der Waals surface area contributed by atoms with Crippen molar-refractivity contribution in [1.82, 2.24) is 20.4 Å². The molecule has 0 aliphatic carbocycles. The van der Waals surface area contributed by atoms with Crippen molar-refractivity contribution in [2.75, 3.05) is 45.9 Å². The SMILES string of the molecule is C[C@@H](CCc1ccccc1)NC(=O)CNC(=S)N(CCCN1CCOCC1)Cc1cccs1. The van der Waals surface area contributed by atoms with Gasteiger partial charge in [0, 0.05) is 37.1 Å². The van der Waals surface area contributed by atoms with E-state index in [0.29, 0.717) is 5.11 Å². The van der Waals surface area contributed by atoms with Gasteiger partial charge < -0.3 is 20.3 Å². The summed E-state index contributed by atoms with van der Waals surface area (Å²) in [5, 5.41) is 8.98. The number of hydrogen-bond acceptors (Lipinski definition) is 5. The van der Waals surface area contributed by atoms with Crippen molar-refractivity contribution in [2.45, 2.75) is 38.8 Å². The topological polar surface area (TPSA) is 56.8 Å². The number of thiocarbonyl (C=S) groups is 1. The Hall–Kier alpha value is -2.00. The summed E-state index contributed by atoms with van der Waals surface area (Å²) in [5.41, 5.74) is 1.29. The molecule has 2 heterocycles.